The number of benzene rings is 2. The Morgan fingerprint density at radius 1 is 1.04 bits per heavy atom. The molecule has 3 rings (SSSR count). The van der Waals surface area contributed by atoms with Crippen LogP contribution in [0.2, 0.25) is 0 Å². The molecule has 0 spiro atoms. The number of carbonyl (C=O) groups excluding carboxylic acids is 2. The lowest BCUT2D eigenvalue weighted by Crippen LogP contribution is -2.37. The quantitative estimate of drug-likeness (QED) is 0.518. The van der Waals surface area contributed by atoms with Gasteiger partial charge in [0, 0.05) is 13.1 Å². The molecule has 28 heavy (non-hydrogen) atoms. The first-order valence-corrected chi connectivity index (χ1v) is 9.53. The highest BCUT2D eigenvalue weighted by molar-refractivity contribution is 6.02. The number of rotatable bonds is 8. The summed E-state index contributed by atoms with van der Waals surface area (Å²) in [6, 6.07) is 15.0. The second kappa shape index (κ2) is 9.26. The lowest BCUT2D eigenvalue weighted by molar-refractivity contribution is -0.121. The van der Waals surface area contributed by atoms with E-state index < -0.39 is 0 Å². The largest absolute Gasteiger partial charge is 0.497 e. The first kappa shape index (κ1) is 19.7. The van der Waals surface area contributed by atoms with Gasteiger partial charge >= 0.3 is 0 Å². The molecule has 0 fully saturated rings. The van der Waals surface area contributed by atoms with Gasteiger partial charge < -0.3 is 19.3 Å². The molecule has 2 aromatic carbocycles. The molecule has 1 unspecified atom stereocenters. The summed E-state index contributed by atoms with van der Waals surface area (Å²) in [6.45, 7) is 3.44. The Balaban J connectivity index is 1.58. The SMILES string of the molecule is COc1ccc(OCCCCN2C(=O)C(C)CN(C=O)c3ccccc32)cc1. The molecular weight excluding hydrogens is 356 g/mol. The van der Waals surface area contributed by atoms with Crippen LogP contribution in [-0.2, 0) is 9.59 Å². The topological polar surface area (TPSA) is 59.1 Å². The van der Waals surface area contributed by atoms with Crippen molar-refractivity contribution >= 4 is 23.7 Å². The van der Waals surface area contributed by atoms with Crippen LogP contribution >= 0.6 is 0 Å². The Kier molecular flexibility index (Phi) is 6.53. The van der Waals surface area contributed by atoms with E-state index in [0.717, 1.165) is 42.1 Å². The second-order valence-electron chi connectivity index (χ2n) is 6.87. The van der Waals surface area contributed by atoms with Crippen LogP contribution in [0, 0.1) is 5.92 Å². The van der Waals surface area contributed by atoms with Crippen LogP contribution in [0.15, 0.2) is 48.5 Å². The van der Waals surface area contributed by atoms with E-state index in [1.165, 1.54) is 0 Å². The number of ether oxygens (including phenoxy) is 2. The minimum absolute atomic E-state index is 0.0490. The highest BCUT2D eigenvalue weighted by Gasteiger charge is 2.30. The number of unbranched alkanes of at least 4 members (excludes halogenated alkanes) is 1. The molecule has 0 saturated carbocycles. The van der Waals surface area contributed by atoms with Crippen LogP contribution in [0.3, 0.4) is 0 Å². The van der Waals surface area contributed by atoms with E-state index in [2.05, 4.69) is 0 Å². The van der Waals surface area contributed by atoms with E-state index in [4.69, 9.17) is 9.47 Å². The summed E-state index contributed by atoms with van der Waals surface area (Å²) in [5.74, 6) is 1.40. The maximum absolute atomic E-state index is 12.9. The molecule has 148 valence electrons. The molecule has 0 aliphatic carbocycles. The molecule has 2 aromatic rings. The zero-order valence-electron chi connectivity index (χ0n) is 16.3. The van der Waals surface area contributed by atoms with E-state index in [0.29, 0.717) is 19.7 Å². The minimum Gasteiger partial charge on any atom is -0.497 e. The maximum atomic E-state index is 12.9. The van der Waals surface area contributed by atoms with Crippen molar-refractivity contribution < 1.29 is 19.1 Å². The fourth-order valence-electron chi connectivity index (χ4n) is 3.36. The van der Waals surface area contributed by atoms with E-state index >= 15 is 0 Å². The molecule has 6 nitrogen and oxygen atoms in total. The van der Waals surface area contributed by atoms with Gasteiger partial charge in [0.05, 0.1) is 31.0 Å². The van der Waals surface area contributed by atoms with Crippen LogP contribution < -0.4 is 19.3 Å². The van der Waals surface area contributed by atoms with E-state index in [9.17, 15) is 9.59 Å². The van der Waals surface area contributed by atoms with Crippen molar-refractivity contribution in [3.63, 3.8) is 0 Å². The fourth-order valence-corrected chi connectivity index (χ4v) is 3.36. The van der Waals surface area contributed by atoms with Gasteiger partial charge in [-0.2, -0.15) is 0 Å². The monoisotopic (exact) mass is 382 g/mol. The van der Waals surface area contributed by atoms with Gasteiger partial charge in [0.25, 0.3) is 0 Å². The third-order valence-corrected chi connectivity index (χ3v) is 4.87. The summed E-state index contributed by atoms with van der Waals surface area (Å²) in [7, 11) is 1.63. The van der Waals surface area contributed by atoms with E-state index in [1.807, 2.05) is 55.5 Å². The van der Waals surface area contributed by atoms with Gasteiger partial charge in [-0.15, -0.1) is 0 Å². The normalized spacial score (nSPS) is 16.4. The molecule has 2 amide bonds. The summed E-state index contributed by atoms with van der Waals surface area (Å²) in [6.07, 6.45) is 2.43. The van der Waals surface area contributed by atoms with Crippen LogP contribution in [0.5, 0.6) is 11.5 Å². The molecule has 1 atom stereocenters. The van der Waals surface area contributed by atoms with Crippen molar-refractivity contribution in [3.05, 3.63) is 48.5 Å². The number of methoxy groups -OCH3 is 1. The summed E-state index contributed by atoms with van der Waals surface area (Å²) >= 11 is 0. The number of fused-ring (bicyclic) bond motifs is 1. The van der Waals surface area contributed by atoms with Gasteiger partial charge in [-0.1, -0.05) is 19.1 Å². The number of para-hydroxylation sites is 2. The van der Waals surface area contributed by atoms with Gasteiger partial charge in [-0.25, -0.2) is 0 Å². The highest BCUT2D eigenvalue weighted by atomic mass is 16.5. The second-order valence-corrected chi connectivity index (χ2v) is 6.87. The zero-order valence-corrected chi connectivity index (χ0v) is 16.3. The molecule has 6 heteroatoms. The molecule has 0 N–H and O–H groups in total. The summed E-state index contributed by atoms with van der Waals surface area (Å²) in [4.78, 5) is 27.8. The predicted molar refractivity (Wildman–Crippen MR) is 109 cm³/mol. The standard InChI is InChI=1S/C22H26N2O4/c1-17-15-23(16-25)20-7-3-4-8-21(20)24(22(17)26)13-5-6-14-28-19-11-9-18(27-2)10-12-19/h3-4,7-12,16-17H,5-6,13-15H2,1-2H3. The average Bonchev–Trinajstić information content (AvgIpc) is 2.83. The summed E-state index contributed by atoms with van der Waals surface area (Å²) in [5, 5.41) is 0. The molecule has 0 radical (unpaired) electrons. The molecule has 0 bridgehead atoms. The lowest BCUT2D eigenvalue weighted by Gasteiger charge is -2.24. The molecule has 1 heterocycles. The number of hydrogen-bond donors (Lipinski definition) is 0. The van der Waals surface area contributed by atoms with Gasteiger partial charge in [-0.3, -0.25) is 9.59 Å². The number of hydrogen-bond acceptors (Lipinski definition) is 4. The van der Waals surface area contributed by atoms with Crippen molar-refractivity contribution in [2.75, 3.05) is 36.6 Å². The van der Waals surface area contributed by atoms with E-state index in [1.54, 1.807) is 16.9 Å². The Morgan fingerprint density at radius 2 is 1.71 bits per heavy atom. The van der Waals surface area contributed by atoms with Crippen molar-refractivity contribution in [2.45, 2.75) is 19.8 Å². The first-order chi connectivity index (χ1) is 13.6. The molecule has 1 aliphatic heterocycles. The number of carbonyl (C=O) groups is 2. The van der Waals surface area contributed by atoms with Crippen LogP contribution in [-0.4, -0.2) is 39.1 Å². The van der Waals surface area contributed by atoms with Gasteiger partial charge in [0.1, 0.15) is 11.5 Å². The Morgan fingerprint density at radius 3 is 2.39 bits per heavy atom. The molecule has 0 aromatic heterocycles. The number of nitrogens with zero attached hydrogens (tertiary/aromatic N) is 2. The lowest BCUT2D eigenvalue weighted by atomic mass is 10.1. The highest BCUT2D eigenvalue weighted by Crippen LogP contribution is 2.33. The minimum atomic E-state index is -0.242. The average molecular weight is 382 g/mol. The fraction of sp³-hybridized carbons (Fsp3) is 0.364. The molecule has 1 aliphatic rings. The van der Waals surface area contributed by atoms with Crippen LogP contribution in [0.4, 0.5) is 11.4 Å². The molecular formula is C22H26N2O4. The van der Waals surface area contributed by atoms with Crippen LogP contribution in [0.1, 0.15) is 19.8 Å². The van der Waals surface area contributed by atoms with Crippen LogP contribution in [0.25, 0.3) is 0 Å². The summed E-state index contributed by atoms with van der Waals surface area (Å²) < 4.78 is 10.9. The number of amides is 2. The summed E-state index contributed by atoms with van der Waals surface area (Å²) in [5.41, 5.74) is 1.57. The van der Waals surface area contributed by atoms with Crippen molar-refractivity contribution in [3.8, 4) is 11.5 Å². The third kappa shape index (κ3) is 4.44. The van der Waals surface area contributed by atoms with Gasteiger partial charge in [-0.05, 0) is 49.2 Å². The van der Waals surface area contributed by atoms with Crippen molar-refractivity contribution in [1.82, 2.24) is 0 Å². The zero-order chi connectivity index (χ0) is 19.9. The van der Waals surface area contributed by atoms with E-state index in [-0.39, 0.29) is 11.8 Å². The number of anilines is 2. The van der Waals surface area contributed by atoms with Gasteiger partial charge in [0.2, 0.25) is 12.3 Å². The third-order valence-electron chi connectivity index (χ3n) is 4.87. The maximum Gasteiger partial charge on any atom is 0.231 e. The molecule has 0 saturated heterocycles. The van der Waals surface area contributed by atoms with Gasteiger partial charge in [0.15, 0.2) is 0 Å². The predicted octanol–water partition coefficient (Wildman–Crippen LogP) is 3.50. The van der Waals surface area contributed by atoms with Crippen molar-refractivity contribution in [2.24, 2.45) is 5.92 Å². The Bertz CT molecular complexity index is 806. The smallest absolute Gasteiger partial charge is 0.231 e. The Hall–Kier alpha value is -3.02. The first-order valence-electron chi connectivity index (χ1n) is 9.53. The Labute approximate surface area is 165 Å². The van der Waals surface area contributed by atoms with Crippen molar-refractivity contribution in [1.29, 1.82) is 0 Å².